The molecule has 0 spiro atoms. The highest BCUT2D eigenvalue weighted by Crippen LogP contribution is 2.36. The molecule has 0 saturated heterocycles. The summed E-state index contributed by atoms with van der Waals surface area (Å²) in [5, 5.41) is 22.0. The maximum atomic E-state index is 11.6. The highest BCUT2D eigenvalue weighted by Gasteiger charge is 2.27. The molecule has 34 heavy (non-hydrogen) atoms. The van der Waals surface area contributed by atoms with Crippen LogP contribution < -0.4 is 0 Å². The van der Waals surface area contributed by atoms with Crippen molar-refractivity contribution in [3.63, 3.8) is 0 Å². The number of hydrogen-bond acceptors (Lipinski definition) is 8. The lowest BCUT2D eigenvalue weighted by Crippen LogP contribution is -2.18. The van der Waals surface area contributed by atoms with Crippen LogP contribution in [0, 0.1) is 20.2 Å². The van der Waals surface area contributed by atoms with Crippen LogP contribution in [0.25, 0.3) is 0 Å². The molecule has 186 valence electrons. The Morgan fingerprint density at radius 1 is 0.735 bits per heavy atom. The summed E-state index contributed by atoms with van der Waals surface area (Å²) < 4.78 is 65.0. The van der Waals surface area contributed by atoms with Crippen molar-refractivity contribution in [2.45, 2.75) is 24.7 Å². The molecule has 0 aromatic heterocycles. The summed E-state index contributed by atoms with van der Waals surface area (Å²) in [4.78, 5) is 20.8. The topological polar surface area (TPSA) is 195 Å². The zero-order chi connectivity index (χ0) is 25.8. The van der Waals surface area contributed by atoms with E-state index in [2.05, 4.69) is 0 Å². The number of halogens is 2. The average Bonchev–Trinajstić information content (AvgIpc) is 2.68. The molecule has 2 aromatic carbocycles. The first-order chi connectivity index (χ1) is 15.6. The van der Waals surface area contributed by atoms with Crippen LogP contribution >= 0.6 is 23.2 Å². The Bertz CT molecular complexity index is 1210. The van der Waals surface area contributed by atoms with Crippen LogP contribution in [0.15, 0.2) is 36.4 Å². The Balaban J connectivity index is 2.46. The first kappa shape index (κ1) is 27.9. The van der Waals surface area contributed by atoms with Gasteiger partial charge in [0.1, 0.15) is 10.0 Å². The van der Waals surface area contributed by atoms with Gasteiger partial charge in [0, 0.05) is 24.0 Å². The molecule has 0 amide bonds. The van der Waals surface area contributed by atoms with E-state index in [-0.39, 0.29) is 34.0 Å². The quantitative estimate of drug-likeness (QED) is 0.229. The third-order valence-corrected chi connectivity index (χ3v) is 7.25. The number of nitro benzene ring substituents is 2. The Morgan fingerprint density at radius 2 is 1.06 bits per heavy atom. The molecule has 0 saturated carbocycles. The number of hydrogen-bond donors (Lipinski definition) is 2. The standard InChI is InChI=1S/C18H18Cl2N2O10S2/c19-15-5-3-11(7-17(15)21(23)24)13(9-33(27,28)29)1-2-14(10-34(30,31)32)12-4-6-16(20)18(8-12)22(25)26/h3-8,13-14H,1-2,9-10H2,(H,27,28,29)(H,30,31,32). The van der Waals surface area contributed by atoms with Crippen molar-refractivity contribution >= 4 is 54.8 Å². The van der Waals surface area contributed by atoms with Crippen LogP contribution in [0.2, 0.25) is 10.0 Å². The van der Waals surface area contributed by atoms with Gasteiger partial charge in [0.05, 0.1) is 21.4 Å². The van der Waals surface area contributed by atoms with E-state index < -0.39 is 64.8 Å². The minimum absolute atomic E-state index is 0.130. The highest BCUT2D eigenvalue weighted by atomic mass is 35.5. The first-order valence-electron chi connectivity index (χ1n) is 9.35. The fourth-order valence-electron chi connectivity index (χ4n) is 3.45. The molecule has 2 atom stereocenters. The maximum absolute atomic E-state index is 11.6. The van der Waals surface area contributed by atoms with E-state index in [1.54, 1.807) is 0 Å². The van der Waals surface area contributed by atoms with E-state index in [1.165, 1.54) is 24.3 Å². The van der Waals surface area contributed by atoms with Crippen LogP contribution in [-0.4, -0.2) is 47.3 Å². The van der Waals surface area contributed by atoms with Crippen molar-refractivity contribution in [1.82, 2.24) is 0 Å². The third kappa shape index (κ3) is 8.14. The molecular weight excluding hydrogens is 539 g/mol. The second kappa shape index (κ2) is 10.9. The zero-order valence-electron chi connectivity index (χ0n) is 17.1. The van der Waals surface area contributed by atoms with Gasteiger partial charge in [-0.3, -0.25) is 29.3 Å². The summed E-state index contributed by atoms with van der Waals surface area (Å²) in [5.41, 5.74) is -0.715. The lowest BCUT2D eigenvalue weighted by molar-refractivity contribution is -0.384. The Morgan fingerprint density at radius 3 is 1.32 bits per heavy atom. The largest absolute Gasteiger partial charge is 0.288 e. The van der Waals surface area contributed by atoms with Crippen LogP contribution in [0.5, 0.6) is 0 Å². The second-order valence-corrected chi connectivity index (χ2v) is 11.2. The summed E-state index contributed by atoms with van der Waals surface area (Å²) in [5.74, 6) is -3.75. The molecule has 2 N–H and O–H groups in total. The Labute approximate surface area is 204 Å². The fourth-order valence-corrected chi connectivity index (χ4v) is 5.56. The predicted octanol–water partition coefficient (Wildman–Crippen LogP) is 4.23. The van der Waals surface area contributed by atoms with Crippen molar-refractivity contribution in [1.29, 1.82) is 0 Å². The normalized spacial score (nSPS) is 13.9. The van der Waals surface area contributed by atoms with Gasteiger partial charge in [-0.25, -0.2) is 0 Å². The molecule has 0 aliphatic carbocycles. The average molecular weight is 557 g/mol. The second-order valence-electron chi connectivity index (χ2n) is 7.40. The predicted molar refractivity (Wildman–Crippen MR) is 124 cm³/mol. The smallest absolute Gasteiger partial charge is 0.286 e. The van der Waals surface area contributed by atoms with Crippen molar-refractivity contribution in [3.05, 3.63) is 77.8 Å². The van der Waals surface area contributed by atoms with E-state index in [0.717, 1.165) is 12.1 Å². The highest BCUT2D eigenvalue weighted by molar-refractivity contribution is 7.86. The molecule has 0 fully saturated rings. The van der Waals surface area contributed by atoms with Gasteiger partial charge in [0.2, 0.25) is 0 Å². The number of benzene rings is 2. The molecular formula is C18H18Cl2N2O10S2. The number of nitrogens with zero attached hydrogens (tertiary/aromatic N) is 2. The van der Waals surface area contributed by atoms with Crippen LogP contribution in [-0.2, 0) is 20.2 Å². The van der Waals surface area contributed by atoms with Gasteiger partial charge in [-0.1, -0.05) is 35.3 Å². The number of nitro groups is 2. The van der Waals surface area contributed by atoms with Gasteiger partial charge in [0.15, 0.2) is 0 Å². The third-order valence-electron chi connectivity index (χ3n) is 4.96. The van der Waals surface area contributed by atoms with Crippen molar-refractivity contribution < 1.29 is 35.8 Å². The van der Waals surface area contributed by atoms with Crippen LogP contribution in [0.3, 0.4) is 0 Å². The maximum Gasteiger partial charge on any atom is 0.288 e. The summed E-state index contributed by atoms with van der Waals surface area (Å²) in [6.45, 7) is 0. The van der Waals surface area contributed by atoms with E-state index in [9.17, 15) is 46.2 Å². The van der Waals surface area contributed by atoms with Crippen molar-refractivity contribution in [2.75, 3.05) is 11.5 Å². The molecule has 2 unspecified atom stereocenters. The fraction of sp³-hybridized carbons (Fsp3) is 0.333. The van der Waals surface area contributed by atoms with E-state index in [4.69, 9.17) is 23.2 Å². The van der Waals surface area contributed by atoms with Gasteiger partial charge in [-0.05, 0) is 36.1 Å². The van der Waals surface area contributed by atoms with Gasteiger partial charge >= 0.3 is 0 Å². The lowest BCUT2D eigenvalue weighted by atomic mass is 9.88. The van der Waals surface area contributed by atoms with Gasteiger partial charge in [-0.15, -0.1) is 0 Å². The van der Waals surface area contributed by atoms with Crippen molar-refractivity contribution in [2.24, 2.45) is 0 Å². The molecule has 12 nitrogen and oxygen atoms in total. The van der Waals surface area contributed by atoms with Crippen LogP contribution in [0.4, 0.5) is 11.4 Å². The molecule has 0 aliphatic heterocycles. The molecule has 0 heterocycles. The van der Waals surface area contributed by atoms with Crippen LogP contribution in [0.1, 0.15) is 35.8 Å². The molecule has 16 heteroatoms. The van der Waals surface area contributed by atoms with Gasteiger partial charge in [0.25, 0.3) is 31.6 Å². The molecule has 0 aliphatic rings. The van der Waals surface area contributed by atoms with E-state index in [1.807, 2.05) is 0 Å². The molecule has 2 aromatic rings. The molecule has 0 bridgehead atoms. The summed E-state index contributed by atoms with van der Waals surface area (Å²) in [6.07, 6.45) is -0.260. The Hall–Kier alpha value is -2.36. The van der Waals surface area contributed by atoms with E-state index >= 15 is 0 Å². The van der Waals surface area contributed by atoms with Crippen molar-refractivity contribution in [3.8, 4) is 0 Å². The summed E-state index contributed by atoms with van der Waals surface area (Å²) in [6, 6.07) is 7.12. The van der Waals surface area contributed by atoms with E-state index in [0.29, 0.717) is 0 Å². The Kier molecular flexibility index (Phi) is 8.96. The minimum Gasteiger partial charge on any atom is -0.286 e. The minimum atomic E-state index is -4.56. The monoisotopic (exact) mass is 556 g/mol. The zero-order valence-corrected chi connectivity index (χ0v) is 20.2. The SMILES string of the molecule is O=[N+]([O-])c1cc(C(CCC(CS(=O)(=O)O)c2ccc(Cl)c([N+](=O)[O-])c2)CS(=O)(=O)O)ccc1Cl. The summed E-state index contributed by atoms with van der Waals surface area (Å²) >= 11 is 11.6. The molecule has 0 radical (unpaired) electrons. The van der Waals surface area contributed by atoms with Gasteiger partial charge < -0.3 is 0 Å². The first-order valence-corrected chi connectivity index (χ1v) is 13.3. The number of rotatable bonds is 11. The lowest BCUT2D eigenvalue weighted by Gasteiger charge is -2.21. The summed E-state index contributed by atoms with van der Waals surface area (Å²) in [7, 11) is -9.13. The van der Waals surface area contributed by atoms with Gasteiger partial charge in [-0.2, -0.15) is 16.8 Å². The molecule has 2 rings (SSSR count).